The van der Waals surface area contributed by atoms with Gasteiger partial charge in [-0.15, -0.1) is 0 Å². The van der Waals surface area contributed by atoms with Crippen molar-refractivity contribution in [2.24, 2.45) is 0 Å². The number of hydrogen-bond acceptors (Lipinski definition) is 8. The number of amides is 3. The molecule has 2 aliphatic rings. The molecule has 5 rings (SSSR count). The van der Waals surface area contributed by atoms with Crippen molar-refractivity contribution in [1.82, 2.24) is 19.5 Å². The van der Waals surface area contributed by atoms with E-state index < -0.39 is 17.3 Å². The number of nitrogens with one attached hydrogen (secondary N) is 2. The second-order valence-electron chi connectivity index (χ2n) is 16.6. The van der Waals surface area contributed by atoms with Crippen molar-refractivity contribution < 1.29 is 23.9 Å². The lowest BCUT2D eigenvalue weighted by Crippen LogP contribution is -2.57. The molecule has 1 aliphatic heterocycles. The van der Waals surface area contributed by atoms with Crippen molar-refractivity contribution >= 4 is 41.1 Å². The highest BCUT2D eigenvalue weighted by molar-refractivity contribution is 6.04. The number of benzene rings is 1. The van der Waals surface area contributed by atoms with Crippen LogP contribution in [0, 0.1) is 0 Å². The Morgan fingerprint density at radius 1 is 1.06 bits per heavy atom. The number of piperidine rings is 1. The predicted octanol–water partition coefficient (Wildman–Crippen LogP) is 8.43. The summed E-state index contributed by atoms with van der Waals surface area (Å²) in [6, 6.07) is 9.18. The molecule has 3 amide bonds. The highest BCUT2D eigenvalue weighted by Gasteiger charge is 2.40. The van der Waals surface area contributed by atoms with Gasteiger partial charge in [-0.1, -0.05) is 32.1 Å². The maximum absolute atomic E-state index is 14.1. The average molecular weight is 702 g/mol. The number of hydrogen-bond donors (Lipinski definition) is 2. The number of rotatable bonds is 8. The number of nitrogens with zero attached hydrogens (tertiary/aromatic N) is 5. The molecule has 2 N–H and O–H groups in total. The summed E-state index contributed by atoms with van der Waals surface area (Å²) in [4.78, 5) is 48.6. The van der Waals surface area contributed by atoms with Crippen LogP contribution in [-0.2, 0) is 20.8 Å². The van der Waals surface area contributed by atoms with Crippen LogP contribution in [0.4, 0.5) is 26.9 Å². The van der Waals surface area contributed by atoms with Crippen LogP contribution in [-0.4, -0.2) is 66.9 Å². The van der Waals surface area contributed by atoms with Crippen LogP contribution < -0.4 is 15.5 Å². The first-order chi connectivity index (χ1) is 23.8. The molecule has 3 heterocycles. The van der Waals surface area contributed by atoms with Gasteiger partial charge in [0.2, 0.25) is 0 Å². The number of likely N-dealkylation sites (tertiary alicyclic amines) is 1. The van der Waals surface area contributed by atoms with Crippen LogP contribution in [0.25, 0.3) is 5.65 Å². The third kappa shape index (κ3) is 9.39. The van der Waals surface area contributed by atoms with Crippen LogP contribution in [0.1, 0.15) is 118 Å². The molecule has 0 bridgehead atoms. The van der Waals surface area contributed by atoms with Crippen molar-refractivity contribution in [3.63, 3.8) is 0 Å². The fourth-order valence-corrected chi connectivity index (χ4v) is 6.40. The predicted molar refractivity (Wildman–Crippen MR) is 200 cm³/mol. The number of carbonyl (C=O) groups is 3. The molecule has 3 aromatic rings. The fraction of sp³-hybridized carbons (Fsp3) is 0.564. The number of carbonyl (C=O) groups excluding carboxylic acids is 3. The number of allylic oxidation sites excluding steroid dienone is 1. The summed E-state index contributed by atoms with van der Waals surface area (Å²) in [7, 11) is 0. The molecule has 1 aliphatic carbocycles. The van der Waals surface area contributed by atoms with E-state index in [1.165, 1.54) is 0 Å². The Kier molecular flexibility index (Phi) is 10.7. The molecule has 276 valence electrons. The van der Waals surface area contributed by atoms with Crippen LogP contribution in [0.2, 0.25) is 0 Å². The number of ether oxygens (including phenoxy) is 2. The molecule has 1 fully saturated rings. The van der Waals surface area contributed by atoms with E-state index in [9.17, 15) is 14.4 Å². The van der Waals surface area contributed by atoms with Gasteiger partial charge in [-0.3, -0.25) is 9.69 Å². The second-order valence-corrected chi connectivity index (χ2v) is 16.6. The van der Waals surface area contributed by atoms with Crippen molar-refractivity contribution in [2.75, 3.05) is 22.1 Å². The van der Waals surface area contributed by atoms with E-state index in [-0.39, 0.29) is 36.0 Å². The topological polar surface area (TPSA) is 130 Å². The third-order valence-corrected chi connectivity index (χ3v) is 9.06. The highest BCUT2D eigenvalue weighted by atomic mass is 16.6. The minimum absolute atomic E-state index is 0.103. The van der Waals surface area contributed by atoms with Gasteiger partial charge in [-0.25, -0.2) is 14.6 Å². The van der Waals surface area contributed by atoms with Gasteiger partial charge in [0, 0.05) is 41.0 Å². The molecule has 12 nitrogen and oxygen atoms in total. The van der Waals surface area contributed by atoms with Gasteiger partial charge in [-0.2, -0.15) is 9.61 Å². The summed E-state index contributed by atoms with van der Waals surface area (Å²) < 4.78 is 13.4. The van der Waals surface area contributed by atoms with E-state index in [0.29, 0.717) is 29.5 Å². The van der Waals surface area contributed by atoms with Crippen molar-refractivity contribution in [3.05, 3.63) is 59.3 Å². The van der Waals surface area contributed by atoms with Crippen LogP contribution in [0.5, 0.6) is 0 Å². The summed E-state index contributed by atoms with van der Waals surface area (Å²) in [6.07, 6.45) is 7.10. The molecular formula is C39H55N7O5. The summed E-state index contributed by atoms with van der Waals surface area (Å²) >= 11 is 0. The maximum Gasteiger partial charge on any atom is 0.416 e. The fourth-order valence-electron chi connectivity index (χ4n) is 6.40. The standard InChI is InChI=1S/C39H55N7O5/c1-25(2)30-22-40-46-32(21-31(43-33(30)46)41-29-18-19-39(9,10)45(24-29)36(49)51-38(6,7)8)44(35(48)50-37(3,4)5)23-26-14-13-17-28(20-26)42-34(47)27-15-11-12-16-27/h13-15,17,20-22,25,29H,11-12,16,18-19,23-24H2,1-10H3,(H,41,43)(H,42,47)/t29-/m0/s1. The number of anilines is 3. The largest absolute Gasteiger partial charge is 0.444 e. The van der Waals surface area contributed by atoms with Gasteiger partial charge < -0.3 is 25.0 Å². The molecule has 1 atom stereocenters. The number of aromatic nitrogens is 3. The Labute approximate surface area is 301 Å². The van der Waals surface area contributed by atoms with E-state index in [2.05, 4.69) is 38.3 Å². The minimum atomic E-state index is -0.763. The average Bonchev–Trinajstić information content (AvgIpc) is 3.70. The lowest BCUT2D eigenvalue weighted by molar-refractivity contribution is -0.112. The molecule has 51 heavy (non-hydrogen) atoms. The normalized spacial score (nSPS) is 17.7. The first-order valence-corrected chi connectivity index (χ1v) is 18.1. The molecule has 0 unspecified atom stereocenters. The highest BCUT2D eigenvalue weighted by Crippen LogP contribution is 2.33. The molecule has 12 heteroatoms. The van der Waals surface area contributed by atoms with Crippen LogP contribution in [0.3, 0.4) is 0 Å². The van der Waals surface area contributed by atoms with Gasteiger partial charge in [-0.05, 0) is 111 Å². The van der Waals surface area contributed by atoms with Gasteiger partial charge in [0.05, 0.1) is 12.7 Å². The van der Waals surface area contributed by atoms with Crippen molar-refractivity contribution in [3.8, 4) is 0 Å². The quantitative estimate of drug-likeness (QED) is 0.239. The molecule has 2 aromatic heterocycles. The van der Waals surface area contributed by atoms with Gasteiger partial charge in [0.1, 0.15) is 22.8 Å². The zero-order valence-electron chi connectivity index (χ0n) is 31.9. The Hall–Kier alpha value is -4.61. The second kappa shape index (κ2) is 14.6. The Morgan fingerprint density at radius 2 is 1.78 bits per heavy atom. The monoisotopic (exact) mass is 701 g/mol. The van der Waals surface area contributed by atoms with Gasteiger partial charge in [0.15, 0.2) is 5.65 Å². The SMILES string of the molecule is CC(C)c1cnn2c(N(Cc3cccc(NC(=O)C4=CCCC4)c3)C(=O)OC(C)(C)C)cc(N[C@H]3CCC(C)(C)N(C(=O)OC(C)(C)C)C3)nc12. The number of fused-ring (bicyclic) bond motifs is 1. The zero-order valence-corrected chi connectivity index (χ0v) is 31.9. The van der Waals surface area contributed by atoms with Gasteiger partial charge in [0.25, 0.3) is 5.91 Å². The lowest BCUT2D eigenvalue weighted by Gasteiger charge is -2.45. The zero-order chi connectivity index (χ0) is 37.3. The summed E-state index contributed by atoms with van der Waals surface area (Å²) in [6.45, 7) is 19.9. The van der Waals surface area contributed by atoms with Crippen LogP contribution >= 0.6 is 0 Å². The van der Waals surface area contributed by atoms with Crippen molar-refractivity contribution in [2.45, 2.75) is 137 Å². The summed E-state index contributed by atoms with van der Waals surface area (Å²) in [5, 5.41) is 11.3. The van der Waals surface area contributed by atoms with E-state index in [1.54, 1.807) is 20.5 Å². The maximum atomic E-state index is 14.1. The van der Waals surface area contributed by atoms with Crippen molar-refractivity contribution in [1.29, 1.82) is 0 Å². The van der Waals surface area contributed by atoms with Crippen LogP contribution in [0.15, 0.2) is 48.2 Å². The first-order valence-electron chi connectivity index (χ1n) is 18.1. The summed E-state index contributed by atoms with van der Waals surface area (Å²) in [5.74, 6) is 1.03. The molecule has 0 saturated carbocycles. The van der Waals surface area contributed by atoms with Gasteiger partial charge >= 0.3 is 12.2 Å². The van der Waals surface area contributed by atoms with E-state index >= 15 is 0 Å². The molecule has 1 saturated heterocycles. The third-order valence-electron chi connectivity index (χ3n) is 9.06. The molecule has 0 radical (unpaired) electrons. The van der Waals surface area contributed by atoms with E-state index in [1.807, 2.05) is 78.0 Å². The van der Waals surface area contributed by atoms with E-state index in [4.69, 9.17) is 19.6 Å². The Morgan fingerprint density at radius 3 is 2.43 bits per heavy atom. The molecular weight excluding hydrogens is 646 g/mol. The molecule has 0 spiro atoms. The first kappa shape index (κ1) is 37.6. The summed E-state index contributed by atoms with van der Waals surface area (Å²) in [5.41, 5.74) is 2.01. The van der Waals surface area contributed by atoms with E-state index in [0.717, 1.165) is 48.8 Å². The Bertz CT molecular complexity index is 1800. The Balaban J connectivity index is 1.51. The lowest BCUT2D eigenvalue weighted by atomic mass is 9.88. The smallest absolute Gasteiger partial charge is 0.416 e. The minimum Gasteiger partial charge on any atom is -0.444 e. The molecule has 1 aromatic carbocycles.